The molecule has 0 aliphatic heterocycles. The van der Waals surface area contributed by atoms with Gasteiger partial charge in [0, 0.05) is 0 Å². The van der Waals surface area contributed by atoms with Gasteiger partial charge in [0.25, 0.3) is 0 Å². The number of aliphatic carboxylic acids is 1. The van der Waals surface area contributed by atoms with Crippen molar-refractivity contribution < 1.29 is 14.6 Å². The van der Waals surface area contributed by atoms with Crippen LogP contribution in [0.2, 0.25) is 0 Å². The Morgan fingerprint density at radius 3 is 2.43 bits per heavy atom. The summed E-state index contributed by atoms with van der Waals surface area (Å²) in [6.07, 6.45) is 0. The Labute approximate surface area is 82.6 Å². The maximum atomic E-state index is 10.1. The summed E-state index contributed by atoms with van der Waals surface area (Å²) in [5, 5.41) is 10.1. The number of rotatable bonds is 4. The first-order valence-corrected chi connectivity index (χ1v) is 4.18. The number of benzene rings is 1. The fourth-order valence-electron chi connectivity index (χ4n) is 0.978. The zero-order valence-corrected chi connectivity index (χ0v) is 7.95. The lowest BCUT2D eigenvalue weighted by Crippen LogP contribution is -2.28. The molecule has 14 heavy (non-hydrogen) atoms. The van der Waals surface area contributed by atoms with Crippen molar-refractivity contribution in [2.45, 2.75) is 6.92 Å². The van der Waals surface area contributed by atoms with Crippen LogP contribution in [-0.2, 0) is 4.79 Å². The summed E-state index contributed by atoms with van der Waals surface area (Å²) in [5.74, 6) is -0.715. The number of carboxylic acids is 1. The Morgan fingerprint density at radius 2 is 2.00 bits per heavy atom. The molecule has 0 aliphatic carbocycles. The quantitative estimate of drug-likeness (QED) is 0.708. The number of carboxylic acid groups (broad SMARTS) is 1. The van der Waals surface area contributed by atoms with Crippen molar-refractivity contribution in [3.05, 3.63) is 36.4 Å². The summed E-state index contributed by atoms with van der Waals surface area (Å²) in [6, 6.07) is 7.06. The minimum atomic E-state index is -1.23. The predicted molar refractivity (Wildman–Crippen MR) is 51.7 cm³/mol. The van der Waals surface area contributed by atoms with Crippen LogP contribution >= 0.6 is 0 Å². The molecule has 0 unspecified atom stereocenters. The van der Waals surface area contributed by atoms with E-state index in [1.807, 2.05) is 19.1 Å². The van der Waals surface area contributed by atoms with E-state index in [1.165, 1.54) is 0 Å². The highest BCUT2D eigenvalue weighted by Gasteiger charge is 1.95. The van der Waals surface area contributed by atoms with Gasteiger partial charge in [-0.25, -0.2) is 0 Å². The number of ether oxygens (including phenoxy) is 1. The van der Waals surface area contributed by atoms with E-state index in [0.717, 1.165) is 11.1 Å². The normalized spacial score (nSPS) is 9.50. The van der Waals surface area contributed by atoms with Gasteiger partial charge in [-0.05, 0) is 24.6 Å². The molecule has 0 spiro atoms. The average molecular weight is 191 g/mol. The van der Waals surface area contributed by atoms with Crippen LogP contribution in [0.4, 0.5) is 0 Å². The largest absolute Gasteiger partial charge is 0.546 e. The van der Waals surface area contributed by atoms with Gasteiger partial charge in [-0.2, -0.15) is 0 Å². The fraction of sp³-hybridized carbons (Fsp3) is 0.182. The topological polar surface area (TPSA) is 49.4 Å². The maximum Gasteiger partial charge on any atom is 0.128 e. The standard InChI is InChI=1S/C11H12O3/c1-8(2)9-3-5-10(6-4-9)14-7-11(12)13/h3-6H,1,7H2,2H3,(H,12,13)/p-1. The molecule has 0 N–H and O–H groups in total. The highest BCUT2D eigenvalue weighted by Crippen LogP contribution is 2.16. The summed E-state index contributed by atoms with van der Waals surface area (Å²) in [5.41, 5.74) is 1.96. The summed E-state index contributed by atoms with van der Waals surface area (Å²) >= 11 is 0. The van der Waals surface area contributed by atoms with Gasteiger partial charge < -0.3 is 14.6 Å². The number of allylic oxidation sites excluding steroid dienone is 1. The summed E-state index contributed by atoms with van der Waals surface area (Å²) < 4.78 is 4.91. The third-order valence-corrected chi connectivity index (χ3v) is 1.70. The highest BCUT2D eigenvalue weighted by atomic mass is 16.5. The minimum Gasteiger partial charge on any atom is -0.546 e. The van der Waals surface area contributed by atoms with Gasteiger partial charge in [0.05, 0.1) is 5.97 Å². The summed E-state index contributed by atoms with van der Waals surface area (Å²) in [4.78, 5) is 10.1. The van der Waals surface area contributed by atoms with Crippen molar-refractivity contribution in [3.8, 4) is 5.75 Å². The minimum absolute atomic E-state index is 0.424. The van der Waals surface area contributed by atoms with E-state index in [9.17, 15) is 9.90 Å². The van der Waals surface area contributed by atoms with Crippen LogP contribution in [0.15, 0.2) is 30.8 Å². The van der Waals surface area contributed by atoms with E-state index >= 15 is 0 Å². The molecular formula is C11H11O3-. The van der Waals surface area contributed by atoms with Gasteiger partial charge in [-0.3, -0.25) is 0 Å². The van der Waals surface area contributed by atoms with E-state index in [-0.39, 0.29) is 0 Å². The Morgan fingerprint density at radius 1 is 1.43 bits per heavy atom. The van der Waals surface area contributed by atoms with Crippen LogP contribution in [0, 0.1) is 0 Å². The van der Waals surface area contributed by atoms with Gasteiger partial charge in [0.15, 0.2) is 0 Å². The zero-order chi connectivity index (χ0) is 10.6. The fourth-order valence-corrected chi connectivity index (χ4v) is 0.978. The first-order chi connectivity index (χ1) is 6.59. The molecule has 0 heterocycles. The van der Waals surface area contributed by atoms with E-state index in [4.69, 9.17) is 4.74 Å². The molecule has 1 aromatic carbocycles. The van der Waals surface area contributed by atoms with Crippen molar-refractivity contribution in [1.82, 2.24) is 0 Å². The molecule has 1 rings (SSSR count). The van der Waals surface area contributed by atoms with E-state index in [0.29, 0.717) is 5.75 Å². The highest BCUT2D eigenvalue weighted by molar-refractivity contribution is 5.66. The SMILES string of the molecule is C=C(C)c1ccc(OCC(=O)[O-])cc1. The smallest absolute Gasteiger partial charge is 0.128 e. The van der Waals surface area contributed by atoms with Crippen molar-refractivity contribution in [2.75, 3.05) is 6.61 Å². The molecule has 0 radical (unpaired) electrons. The van der Waals surface area contributed by atoms with Gasteiger partial charge in [0.2, 0.25) is 0 Å². The lowest BCUT2D eigenvalue weighted by atomic mass is 10.1. The Balaban J connectivity index is 2.64. The first-order valence-electron chi connectivity index (χ1n) is 4.18. The summed E-state index contributed by atoms with van der Waals surface area (Å²) in [6.45, 7) is 5.26. The maximum absolute atomic E-state index is 10.1. The predicted octanol–water partition coefficient (Wildman–Crippen LogP) is 0.848. The molecule has 3 nitrogen and oxygen atoms in total. The molecule has 0 aliphatic rings. The monoisotopic (exact) mass is 191 g/mol. The van der Waals surface area contributed by atoms with Crippen molar-refractivity contribution in [3.63, 3.8) is 0 Å². The van der Waals surface area contributed by atoms with Gasteiger partial charge >= 0.3 is 0 Å². The van der Waals surface area contributed by atoms with Crippen LogP contribution < -0.4 is 9.84 Å². The van der Waals surface area contributed by atoms with Crippen molar-refractivity contribution in [1.29, 1.82) is 0 Å². The zero-order valence-electron chi connectivity index (χ0n) is 7.95. The molecule has 0 saturated heterocycles. The average Bonchev–Trinajstić information content (AvgIpc) is 2.15. The van der Waals surface area contributed by atoms with Crippen LogP contribution in [0.25, 0.3) is 5.57 Å². The van der Waals surface area contributed by atoms with Crippen molar-refractivity contribution >= 4 is 11.5 Å². The molecular weight excluding hydrogens is 180 g/mol. The van der Waals surface area contributed by atoms with Gasteiger partial charge in [-0.1, -0.05) is 24.3 Å². The second kappa shape index (κ2) is 4.46. The molecule has 0 amide bonds. The van der Waals surface area contributed by atoms with E-state index in [1.54, 1.807) is 12.1 Å². The Kier molecular flexibility index (Phi) is 3.29. The third-order valence-electron chi connectivity index (χ3n) is 1.70. The van der Waals surface area contributed by atoms with Crippen molar-refractivity contribution in [2.24, 2.45) is 0 Å². The third kappa shape index (κ3) is 2.94. The van der Waals surface area contributed by atoms with Gasteiger partial charge in [-0.15, -0.1) is 0 Å². The van der Waals surface area contributed by atoms with E-state index in [2.05, 4.69) is 6.58 Å². The molecule has 0 saturated carbocycles. The van der Waals surface area contributed by atoms with Crippen LogP contribution in [-0.4, -0.2) is 12.6 Å². The van der Waals surface area contributed by atoms with Crippen LogP contribution in [0.5, 0.6) is 5.75 Å². The molecule has 74 valence electrons. The van der Waals surface area contributed by atoms with Crippen LogP contribution in [0.3, 0.4) is 0 Å². The molecule has 0 fully saturated rings. The molecule has 3 heteroatoms. The molecule has 0 atom stereocenters. The second-order valence-corrected chi connectivity index (χ2v) is 2.97. The van der Waals surface area contributed by atoms with E-state index < -0.39 is 12.6 Å². The van der Waals surface area contributed by atoms with Gasteiger partial charge in [0.1, 0.15) is 12.4 Å². The number of carbonyl (C=O) groups is 1. The molecule has 1 aromatic rings. The molecule has 0 bridgehead atoms. The molecule has 0 aromatic heterocycles. The number of hydrogen-bond donors (Lipinski definition) is 0. The Hall–Kier alpha value is -1.77. The lowest BCUT2D eigenvalue weighted by molar-refractivity contribution is -0.307. The summed E-state index contributed by atoms with van der Waals surface area (Å²) in [7, 11) is 0. The number of carbonyl (C=O) groups excluding carboxylic acids is 1. The first kappa shape index (κ1) is 10.3. The Bertz CT molecular complexity index is 338. The second-order valence-electron chi connectivity index (χ2n) is 2.97. The number of hydrogen-bond acceptors (Lipinski definition) is 3. The van der Waals surface area contributed by atoms with Crippen LogP contribution in [0.1, 0.15) is 12.5 Å². The lowest BCUT2D eigenvalue weighted by Gasteiger charge is -2.07.